The van der Waals surface area contributed by atoms with Crippen molar-refractivity contribution in [3.63, 3.8) is 0 Å². The largest absolute Gasteiger partial charge is 0.262 e. The van der Waals surface area contributed by atoms with Gasteiger partial charge in [-0.2, -0.15) is 0 Å². The molecule has 0 radical (unpaired) electrons. The van der Waals surface area contributed by atoms with Crippen LogP contribution in [0.4, 0.5) is 0 Å². The molecule has 0 heterocycles. The van der Waals surface area contributed by atoms with Crippen LogP contribution in [0.1, 0.15) is 59.8 Å². The Bertz CT molecular complexity index is 230. The summed E-state index contributed by atoms with van der Waals surface area (Å²) < 4.78 is 0. The molecule has 0 aromatic rings. The van der Waals surface area contributed by atoms with Crippen molar-refractivity contribution in [2.45, 2.75) is 59.8 Å². The van der Waals surface area contributed by atoms with Crippen molar-refractivity contribution in [1.82, 2.24) is 0 Å². The first kappa shape index (κ1) is 14.2. The highest BCUT2D eigenvalue weighted by Crippen LogP contribution is 2.03. The first-order chi connectivity index (χ1) is 7.16. The van der Waals surface area contributed by atoms with E-state index in [0.717, 1.165) is 5.71 Å². The van der Waals surface area contributed by atoms with Gasteiger partial charge >= 0.3 is 0 Å². The third-order valence-electron chi connectivity index (χ3n) is 2.11. The molecule has 0 fully saturated rings. The number of rotatable bonds is 7. The second kappa shape index (κ2) is 9.70. The second-order valence-corrected chi connectivity index (χ2v) is 4.23. The zero-order chi connectivity index (χ0) is 11.5. The number of allylic oxidation sites excluding steroid dienone is 3. The maximum Gasteiger partial charge on any atom is 0.0369 e. The average Bonchev–Trinajstić information content (AvgIpc) is 2.20. The Hall–Kier alpha value is -0.850. The van der Waals surface area contributed by atoms with Crippen LogP contribution in [-0.2, 0) is 0 Å². The van der Waals surface area contributed by atoms with Gasteiger partial charge in [-0.15, -0.1) is 0 Å². The lowest BCUT2D eigenvalue weighted by molar-refractivity contribution is 0.674. The summed E-state index contributed by atoms with van der Waals surface area (Å²) >= 11 is 0. The molecule has 0 saturated carbocycles. The van der Waals surface area contributed by atoms with Crippen LogP contribution in [0.2, 0.25) is 0 Å². The van der Waals surface area contributed by atoms with Crippen molar-refractivity contribution in [2.24, 2.45) is 4.99 Å². The zero-order valence-corrected chi connectivity index (χ0v) is 10.7. The van der Waals surface area contributed by atoms with E-state index < -0.39 is 0 Å². The van der Waals surface area contributed by atoms with Crippen LogP contribution in [0, 0.1) is 0 Å². The highest BCUT2D eigenvalue weighted by molar-refractivity contribution is 5.93. The molecule has 0 aromatic carbocycles. The molecule has 0 aliphatic rings. The van der Waals surface area contributed by atoms with Crippen molar-refractivity contribution in [2.75, 3.05) is 0 Å². The van der Waals surface area contributed by atoms with Gasteiger partial charge in [-0.1, -0.05) is 37.8 Å². The van der Waals surface area contributed by atoms with Crippen molar-refractivity contribution < 1.29 is 0 Å². The molecule has 0 unspecified atom stereocenters. The van der Waals surface area contributed by atoms with Crippen LogP contribution in [-0.4, -0.2) is 5.71 Å². The Morgan fingerprint density at radius 2 is 1.80 bits per heavy atom. The Morgan fingerprint density at radius 1 is 1.07 bits per heavy atom. The summed E-state index contributed by atoms with van der Waals surface area (Å²) in [7, 11) is 0. The van der Waals surface area contributed by atoms with Gasteiger partial charge in [0.2, 0.25) is 0 Å². The van der Waals surface area contributed by atoms with Crippen LogP contribution in [0.5, 0.6) is 0 Å². The zero-order valence-electron chi connectivity index (χ0n) is 10.7. The predicted molar refractivity (Wildman–Crippen MR) is 70.4 cm³/mol. The predicted octanol–water partition coefficient (Wildman–Crippen LogP) is 4.90. The molecular formula is C14H25N. The summed E-state index contributed by atoms with van der Waals surface area (Å²) in [6.45, 7) is 8.41. The molecule has 0 aliphatic heterocycles. The normalized spacial score (nSPS) is 12.1. The summed E-state index contributed by atoms with van der Waals surface area (Å²) in [4.78, 5) is 4.33. The molecule has 0 spiro atoms. The van der Waals surface area contributed by atoms with E-state index in [1.165, 1.54) is 37.7 Å². The van der Waals surface area contributed by atoms with Crippen molar-refractivity contribution in [3.8, 4) is 0 Å². The Labute approximate surface area is 95.0 Å². The lowest BCUT2D eigenvalue weighted by atomic mass is 10.1. The van der Waals surface area contributed by atoms with E-state index in [4.69, 9.17) is 0 Å². The smallest absolute Gasteiger partial charge is 0.0369 e. The first-order valence-corrected chi connectivity index (χ1v) is 6.01. The topological polar surface area (TPSA) is 12.4 Å². The number of aliphatic imine (C=N–C) groups is 1. The highest BCUT2D eigenvalue weighted by Gasteiger charge is 1.85. The minimum atomic E-state index is 1.09. The first-order valence-electron chi connectivity index (χ1n) is 6.01. The minimum absolute atomic E-state index is 1.09. The van der Waals surface area contributed by atoms with Crippen LogP contribution in [0.3, 0.4) is 0 Å². The molecule has 15 heavy (non-hydrogen) atoms. The lowest BCUT2D eigenvalue weighted by Gasteiger charge is -1.94. The van der Waals surface area contributed by atoms with Gasteiger partial charge in [0.1, 0.15) is 0 Å². The quantitative estimate of drug-likeness (QED) is 0.416. The van der Waals surface area contributed by atoms with Crippen LogP contribution in [0.15, 0.2) is 28.9 Å². The number of hydrogen-bond donors (Lipinski definition) is 0. The minimum Gasteiger partial charge on any atom is -0.262 e. The molecule has 1 nitrogen and oxygen atoms in total. The Kier molecular flexibility index (Phi) is 9.15. The Morgan fingerprint density at radius 3 is 2.40 bits per heavy atom. The van der Waals surface area contributed by atoms with Gasteiger partial charge in [-0.25, -0.2) is 0 Å². The molecule has 0 aliphatic carbocycles. The molecule has 0 bridgehead atoms. The standard InChI is InChI=1S/C14H25N/c1-5-6-7-8-9-10-11-14(4)15-12-13(2)3/h10-12H,5-9H2,1-4H3/b11-10+,15-14?. The van der Waals surface area contributed by atoms with Gasteiger partial charge in [-0.3, -0.25) is 4.99 Å². The molecule has 0 saturated heterocycles. The van der Waals surface area contributed by atoms with E-state index in [-0.39, 0.29) is 0 Å². The van der Waals surface area contributed by atoms with E-state index in [1.807, 2.05) is 13.1 Å². The van der Waals surface area contributed by atoms with E-state index in [9.17, 15) is 0 Å². The maximum absolute atomic E-state index is 4.33. The number of unbranched alkanes of at least 4 members (excludes halogenated alkanes) is 4. The van der Waals surface area contributed by atoms with E-state index in [0.29, 0.717) is 0 Å². The summed E-state index contributed by atoms with van der Waals surface area (Å²) in [6, 6.07) is 0. The van der Waals surface area contributed by atoms with Gasteiger partial charge in [0.05, 0.1) is 0 Å². The molecule has 0 rings (SSSR count). The maximum atomic E-state index is 4.33. The van der Waals surface area contributed by atoms with E-state index in [1.54, 1.807) is 0 Å². The fourth-order valence-corrected chi connectivity index (χ4v) is 1.22. The molecule has 86 valence electrons. The third-order valence-corrected chi connectivity index (χ3v) is 2.11. The molecule has 1 heteroatoms. The fraction of sp³-hybridized carbons (Fsp3) is 0.643. The van der Waals surface area contributed by atoms with Crippen molar-refractivity contribution >= 4 is 5.71 Å². The molecule has 0 atom stereocenters. The van der Waals surface area contributed by atoms with Gasteiger partial charge in [0, 0.05) is 11.9 Å². The third kappa shape index (κ3) is 11.1. The monoisotopic (exact) mass is 207 g/mol. The van der Waals surface area contributed by atoms with Crippen molar-refractivity contribution in [3.05, 3.63) is 23.9 Å². The van der Waals surface area contributed by atoms with E-state index in [2.05, 4.69) is 37.9 Å². The summed E-state index contributed by atoms with van der Waals surface area (Å²) in [6.07, 6.45) is 12.8. The average molecular weight is 207 g/mol. The molecule has 0 aromatic heterocycles. The van der Waals surface area contributed by atoms with Gasteiger partial charge in [0.25, 0.3) is 0 Å². The van der Waals surface area contributed by atoms with Gasteiger partial charge < -0.3 is 0 Å². The molecule has 0 N–H and O–H groups in total. The second-order valence-electron chi connectivity index (χ2n) is 4.23. The number of nitrogens with zero attached hydrogens (tertiary/aromatic N) is 1. The SMILES string of the molecule is CCCCCC/C=C/C(C)=NC=C(C)C. The summed E-state index contributed by atoms with van der Waals surface area (Å²) in [5.41, 5.74) is 2.33. The lowest BCUT2D eigenvalue weighted by Crippen LogP contribution is -1.82. The summed E-state index contributed by atoms with van der Waals surface area (Å²) in [5, 5.41) is 0. The fourth-order valence-electron chi connectivity index (χ4n) is 1.22. The molecular weight excluding hydrogens is 182 g/mol. The van der Waals surface area contributed by atoms with Gasteiger partial charge in [0.15, 0.2) is 0 Å². The van der Waals surface area contributed by atoms with Crippen molar-refractivity contribution in [1.29, 1.82) is 0 Å². The molecule has 0 amide bonds. The highest BCUT2D eigenvalue weighted by atomic mass is 14.7. The van der Waals surface area contributed by atoms with E-state index >= 15 is 0 Å². The Balaban J connectivity index is 3.67. The van der Waals surface area contributed by atoms with Crippen LogP contribution in [0.25, 0.3) is 0 Å². The summed E-state index contributed by atoms with van der Waals surface area (Å²) in [5.74, 6) is 0. The van der Waals surface area contributed by atoms with Crippen LogP contribution < -0.4 is 0 Å². The van der Waals surface area contributed by atoms with Crippen LogP contribution >= 0.6 is 0 Å². The number of hydrogen-bond acceptors (Lipinski definition) is 1. The van der Waals surface area contributed by atoms with Gasteiger partial charge in [-0.05, 0) is 39.7 Å².